The van der Waals surface area contributed by atoms with Crippen LogP contribution in [0.25, 0.3) is 10.9 Å². The second kappa shape index (κ2) is 6.81. The van der Waals surface area contributed by atoms with Gasteiger partial charge in [0.05, 0.1) is 11.6 Å². The van der Waals surface area contributed by atoms with Crippen LogP contribution < -0.4 is 5.32 Å². The van der Waals surface area contributed by atoms with Crippen molar-refractivity contribution in [3.8, 4) is 0 Å². The van der Waals surface area contributed by atoms with E-state index < -0.39 is 0 Å². The Morgan fingerprint density at radius 1 is 1.29 bits per heavy atom. The van der Waals surface area contributed by atoms with Crippen LogP contribution in [-0.4, -0.2) is 45.0 Å². The second-order valence-electron chi connectivity index (χ2n) is 6.97. The van der Waals surface area contributed by atoms with Crippen LogP contribution in [0.4, 0.5) is 10.5 Å². The predicted octanol–water partition coefficient (Wildman–Crippen LogP) is 3.24. The molecule has 0 spiro atoms. The zero-order chi connectivity index (χ0) is 17.3. The van der Waals surface area contributed by atoms with E-state index in [9.17, 15) is 9.90 Å². The van der Waals surface area contributed by atoms with Crippen molar-refractivity contribution in [2.75, 3.05) is 18.4 Å². The highest BCUT2D eigenvalue weighted by atomic mass is 16.3. The molecule has 1 fully saturated rings. The van der Waals surface area contributed by atoms with Crippen LogP contribution in [0.1, 0.15) is 39.7 Å². The van der Waals surface area contributed by atoms with E-state index >= 15 is 0 Å². The monoisotopic (exact) mass is 330 g/mol. The Morgan fingerprint density at radius 2 is 2.00 bits per heavy atom. The molecule has 1 aromatic carbocycles. The summed E-state index contributed by atoms with van der Waals surface area (Å²) in [6, 6.07) is 6.02. The summed E-state index contributed by atoms with van der Waals surface area (Å²) in [6.07, 6.45) is 3.41. The van der Waals surface area contributed by atoms with Gasteiger partial charge in [-0.25, -0.2) is 4.79 Å². The van der Waals surface area contributed by atoms with Crippen molar-refractivity contribution in [1.29, 1.82) is 0 Å². The lowest BCUT2D eigenvalue weighted by molar-refractivity contribution is 0.0820. The number of likely N-dealkylation sites (tertiary alicyclic amines) is 1. The molecule has 6 heteroatoms. The van der Waals surface area contributed by atoms with Crippen LogP contribution in [0.2, 0.25) is 0 Å². The molecular weight excluding hydrogens is 304 g/mol. The first kappa shape index (κ1) is 16.8. The molecular formula is C18H26N4O2. The number of urea groups is 1. The summed E-state index contributed by atoms with van der Waals surface area (Å²) in [7, 11) is 0. The molecule has 0 bridgehead atoms. The van der Waals surface area contributed by atoms with Crippen molar-refractivity contribution < 1.29 is 9.90 Å². The number of amides is 2. The first-order chi connectivity index (χ1) is 11.4. The Kier molecular flexibility index (Phi) is 4.76. The Bertz CT molecular complexity index is 715. The summed E-state index contributed by atoms with van der Waals surface area (Å²) in [5.41, 5.74) is 1.72. The number of aliphatic hydroxyl groups is 1. The molecule has 2 aromatic rings. The number of carbonyl (C=O) groups excluding carboxylic acids is 1. The highest BCUT2D eigenvalue weighted by Crippen LogP contribution is 2.23. The normalized spacial score (nSPS) is 17.5. The smallest absolute Gasteiger partial charge is 0.321 e. The molecule has 1 aliphatic heterocycles. The number of benzene rings is 1. The highest BCUT2D eigenvalue weighted by molar-refractivity contribution is 5.92. The maximum atomic E-state index is 12.4. The molecule has 2 N–H and O–H groups in total. The number of rotatable bonds is 3. The Balaban J connectivity index is 1.65. The van der Waals surface area contributed by atoms with E-state index in [1.165, 1.54) is 0 Å². The van der Waals surface area contributed by atoms with Crippen LogP contribution in [0.3, 0.4) is 0 Å². The van der Waals surface area contributed by atoms with E-state index in [-0.39, 0.29) is 12.1 Å². The molecule has 0 saturated carbocycles. The van der Waals surface area contributed by atoms with Crippen LogP contribution >= 0.6 is 0 Å². The van der Waals surface area contributed by atoms with E-state index in [0.29, 0.717) is 25.0 Å². The zero-order valence-electron chi connectivity index (χ0n) is 14.6. The number of aromatic nitrogens is 2. The number of hydrogen-bond acceptors (Lipinski definition) is 3. The summed E-state index contributed by atoms with van der Waals surface area (Å²) in [6.45, 7) is 7.38. The molecule has 1 aliphatic rings. The molecule has 1 saturated heterocycles. The molecule has 0 aliphatic carbocycles. The van der Waals surface area contributed by atoms with Crippen molar-refractivity contribution in [3.63, 3.8) is 0 Å². The SMILES string of the molecule is CC(O)C1CCN(C(=O)Nc2ccc3nn(C(C)C)cc3c2)CC1. The van der Waals surface area contributed by atoms with Crippen molar-refractivity contribution >= 4 is 22.6 Å². The van der Waals surface area contributed by atoms with E-state index in [0.717, 1.165) is 29.4 Å². The van der Waals surface area contributed by atoms with Gasteiger partial charge >= 0.3 is 6.03 Å². The molecule has 2 heterocycles. The standard InChI is InChI=1S/C18H26N4O2/c1-12(2)22-11-15-10-16(4-5-17(15)20-22)19-18(24)21-8-6-14(7-9-21)13(3)23/h4-5,10-14,23H,6-9H2,1-3H3,(H,19,24). The lowest BCUT2D eigenvalue weighted by Gasteiger charge is -2.33. The summed E-state index contributed by atoms with van der Waals surface area (Å²) in [5, 5.41) is 18.2. The number of anilines is 1. The van der Waals surface area contributed by atoms with Crippen molar-refractivity contribution in [2.45, 2.75) is 45.8 Å². The number of piperidine rings is 1. The zero-order valence-corrected chi connectivity index (χ0v) is 14.6. The number of fused-ring (bicyclic) bond motifs is 1. The lowest BCUT2D eigenvalue weighted by Crippen LogP contribution is -2.42. The number of nitrogens with zero attached hydrogens (tertiary/aromatic N) is 3. The van der Waals surface area contributed by atoms with Crippen molar-refractivity contribution in [2.24, 2.45) is 5.92 Å². The first-order valence-electron chi connectivity index (χ1n) is 8.67. The minimum atomic E-state index is -0.296. The fraction of sp³-hybridized carbons (Fsp3) is 0.556. The molecule has 130 valence electrons. The molecule has 1 unspecified atom stereocenters. The van der Waals surface area contributed by atoms with Gasteiger partial charge in [0.15, 0.2) is 0 Å². The third-order valence-corrected chi connectivity index (χ3v) is 4.81. The maximum Gasteiger partial charge on any atom is 0.321 e. The van der Waals surface area contributed by atoms with Gasteiger partial charge in [-0.2, -0.15) is 5.10 Å². The Hall–Kier alpha value is -2.08. The van der Waals surface area contributed by atoms with Gasteiger partial charge in [-0.15, -0.1) is 0 Å². The second-order valence-corrected chi connectivity index (χ2v) is 6.97. The summed E-state index contributed by atoms with van der Waals surface area (Å²) < 4.78 is 1.93. The Morgan fingerprint density at radius 3 is 2.62 bits per heavy atom. The van der Waals surface area contributed by atoms with Crippen LogP contribution in [-0.2, 0) is 0 Å². The molecule has 1 atom stereocenters. The van der Waals surface area contributed by atoms with Crippen molar-refractivity contribution in [1.82, 2.24) is 14.7 Å². The molecule has 24 heavy (non-hydrogen) atoms. The van der Waals surface area contributed by atoms with E-state index in [4.69, 9.17) is 0 Å². The van der Waals surface area contributed by atoms with E-state index in [1.807, 2.05) is 40.9 Å². The number of nitrogens with one attached hydrogen (secondary N) is 1. The maximum absolute atomic E-state index is 12.4. The van der Waals surface area contributed by atoms with E-state index in [1.54, 1.807) is 0 Å². The molecule has 2 amide bonds. The summed E-state index contributed by atoms with van der Waals surface area (Å²) in [4.78, 5) is 14.2. The van der Waals surface area contributed by atoms with Gasteiger partial charge in [0, 0.05) is 36.4 Å². The fourth-order valence-electron chi connectivity index (χ4n) is 3.17. The number of carbonyl (C=O) groups is 1. The minimum Gasteiger partial charge on any atom is -0.393 e. The number of hydrogen-bond donors (Lipinski definition) is 2. The first-order valence-corrected chi connectivity index (χ1v) is 8.67. The quantitative estimate of drug-likeness (QED) is 0.907. The van der Waals surface area contributed by atoms with Crippen LogP contribution in [0.15, 0.2) is 24.4 Å². The van der Waals surface area contributed by atoms with Crippen LogP contribution in [0, 0.1) is 5.92 Å². The molecule has 0 radical (unpaired) electrons. The van der Waals surface area contributed by atoms with E-state index in [2.05, 4.69) is 24.3 Å². The fourth-order valence-corrected chi connectivity index (χ4v) is 3.17. The lowest BCUT2D eigenvalue weighted by atomic mass is 9.92. The van der Waals surface area contributed by atoms with Crippen LogP contribution in [0.5, 0.6) is 0 Å². The summed E-state index contributed by atoms with van der Waals surface area (Å²) >= 11 is 0. The van der Waals surface area contributed by atoms with Gasteiger partial charge in [0.1, 0.15) is 0 Å². The van der Waals surface area contributed by atoms with Gasteiger partial charge in [-0.05, 0) is 57.7 Å². The third kappa shape index (κ3) is 3.53. The Labute approximate surface area is 142 Å². The molecule has 3 rings (SSSR count). The van der Waals surface area contributed by atoms with Gasteiger partial charge in [0.2, 0.25) is 0 Å². The largest absolute Gasteiger partial charge is 0.393 e. The topological polar surface area (TPSA) is 70.4 Å². The van der Waals surface area contributed by atoms with Gasteiger partial charge in [-0.1, -0.05) is 0 Å². The van der Waals surface area contributed by atoms with Crippen molar-refractivity contribution in [3.05, 3.63) is 24.4 Å². The predicted molar refractivity (Wildman–Crippen MR) is 95.1 cm³/mol. The average molecular weight is 330 g/mol. The third-order valence-electron chi connectivity index (χ3n) is 4.81. The van der Waals surface area contributed by atoms with Gasteiger partial charge in [-0.3, -0.25) is 4.68 Å². The van der Waals surface area contributed by atoms with Gasteiger partial charge < -0.3 is 15.3 Å². The molecule has 6 nitrogen and oxygen atoms in total. The van der Waals surface area contributed by atoms with Gasteiger partial charge in [0.25, 0.3) is 0 Å². The highest BCUT2D eigenvalue weighted by Gasteiger charge is 2.25. The summed E-state index contributed by atoms with van der Waals surface area (Å²) in [5.74, 6) is 0.298. The average Bonchev–Trinajstić information content (AvgIpc) is 2.98. The minimum absolute atomic E-state index is 0.0744. The number of aliphatic hydroxyl groups excluding tert-OH is 1. The molecule has 1 aromatic heterocycles.